The molecule has 1 heterocycles. The first-order chi connectivity index (χ1) is 8.97. The Labute approximate surface area is 108 Å². The van der Waals surface area contributed by atoms with Crippen LogP contribution in [0.4, 0.5) is 15.8 Å². The molecule has 0 bridgehead atoms. The van der Waals surface area contributed by atoms with Crippen LogP contribution in [0.5, 0.6) is 0 Å². The Balaban J connectivity index is 2.45. The molecule has 4 N–H and O–H groups in total. The number of rotatable bonds is 3. The molecular formula is C13H12FN3O2. The third-order valence-electron chi connectivity index (χ3n) is 2.58. The van der Waals surface area contributed by atoms with Crippen molar-refractivity contribution in [2.75, 3.05) is 5.32 Å². The second-order valence-corrected chi connectivity index (χ2v) is 4.10. The quantitative estimate of drug-likeness (QED) is 0.785. The molecule has 0 radical (unpaired) electrons. The van der Waals surface area contributed by atoms with E-state index in [4.69, 9.17) is 5.73 Å². The Hall–Kier alpha value is -2.63. The number of benzene rings is 1. The normalized spacial score (nSPS) is 10.2. The van der Waals surface area contributed by atoms with E-state index in [9.17, 15) is 14.0 Å². The molecular weight excluding hydrogens is 249 g/mol. The number of hydrogen-bond acceptors (Lipinski definition) is 3. The average Bonchev–Trinajstić information content (AvgIpc) is 2.32. The number of carbonyl (C=O) groups is 1. The molecule has 0 fully saturated rings. The zero-order valence-electron chi connectivity index (χ0n) is 10.2. The van der Waals surface area contributed by atoms with Gasteiger partial charge in [-0.3, -0.25) is 9.59 Å². The summed E-state index contributed by atoms with van der Waals surface area (Å²) in [5.41, 5.74) is 5.95. The molecule has 0 aliphatic heterocycles. The number of halogens is 1. The number of nitrogens with two attached hydrogens (primary N) is 1. The number of hydrogen-bond donors (Lipinski definition) is 3. The number of amides is 1. The van der Waals surface area contributed by atoms with Gasteiger partial charge < -0.3 is 16.0 Å². The maximum absolute atomic E-state index is 13.7. The van der Waals surface area contributed by atoms with Crippen LogP contribution >= 0.6 is 0 Å². The first kappa shape index (κ1) is 12.8. The number of primary amides is 1. The monoisotopic (exact) mass is 261 g/mol. The molecule has 98 valence electrons. The Morgan fingerprint density at radius 3 is 2.68 bits per heavy atom. The van der Waals surface area contributed by atoms with Crippen molar-refractivity contribution in [1.29, 1.82) is 0 Å². The van der Waals surface area contributed by atoms with E-state index in [0.29, 0.717) is 0 Å². The zero-order chi connectivity index (χ0) is 14.0. The molecule has 0 aliphatic carbocycles. The van der Waals surface area contributed by atoms with Gasteiger partial charge in [0.25, 0.3) is 5.91 Å². The summed E-state index contributed by atoms with van der Waals surface area (Å²) in [6.07, 6.45) is 1.19. The summed E-state index contributed by atoms with van der Waals surface area (Å²) in [5, 5.41) is 2.69. The molecule has 0 aliphatic rings. The van der Waals surface area contributed by atoms with Gasteiger partial charge in [0.2, 0.25) is 5.56 Å². The minimum absolute atomic E-state index is 0.0829. The predicted molar refractivity (Wildman–Crippen MR) is 70.0 cm³/mol. The molecule has 0 atom stereocenters. The van der Waals surface area contributed by atoms with Crippen LogP contribution in [-0.2, 0) is 0 Å². The molecule has 1 aromatic carbocycles. The van der Waals surface area contributed by atoms with Crippen LogP contribution in [0.25, 0.3) is 0 Å². The summed E-state index contributed by atoms with van der Waals surface area (Å²) < 4.78 is 13.7. The largest absolute Gasteiger partial charge is 0.365 e. The molecule has 1 aromatic heterocycles. The Kier molecular flexibility index (Phi) is 3.33. The lowest BCUT2D eigenvalue weighted by Crippen LogP contribution is -2.17. The van der Waals surface area contributed by atoms with E-state index < -0.39 is 17.3 Å². The standard InChI is InChI=1S/C13H12FN3O2/c1-7-2-3-10(9(14)4-7)17-11-5-12(18)16-6-8(11)13(15)19/h2-6H,1H3,(H2,15,19)(H2,16,17,18). The number of nitrogens with one attached hydrogen (secondary N) is 2. The molecule has 2 rings (SSSR count). The van der Waals surface area contributed by atoms with E-state index >= 15 is 0 Å². The van der Waals surface area contributed by atoms with Gasteiger partial charge >= 0.3 is 0 Å². The van der Waals surface area contributed by atoms with Crippen molar-refractivity contribution in [3.05, 3.63) is 57.8 Å². The van der Waals surface area contributed by atoms with Crippen LogP contribution in [0.3, 0.4) is 0 Å². The molecule has 6 heteroatoms. The van der Waals surface area contributed by atoms with Crippen molar-refractivity contribution < 1.29 is 9.18 Å². The fraction of sp³-hybridized carbons (Fsp3) is 0.0769. The smallest absolute Gasteiger partial charge is 0.252 e. The topological polar surface area (TPSA) is 88.0 Å². The molecule has 19 heavy (non-hydrogen) atoms. The lowest BCUT2D eigenvalue weighted by Gasteiger charge is -2.10. The lowest BCUT2D eigenvalue weighted by molar-refractivity contribution is 0.100. The molecule has 0 saturated carbocycles. The van der Waals surface area contributed by atoms with Gasteiger partial charge in [-0.25, -0.2) is 4.39 Å². The first-order valence-corrected chi connectivity index (χ1v) is 5.53. The number of pyridine rings is 1. The highest BCUT2D eigenvalue weighted by molar-refractivity contribution is 5.98. The number of H-pyrrole nitrogens is 1. The predicted octanol–water partition coefficient (Wildman–Crippen LogP) is 1.66. The Morgan fingerprint density at radius 2 is 2.05 bits per heavy atom. The van der Waals surface area contributed by atoms with Gasteiger partial charge in [0, 0.05) is 12.3 Å². The van der Waals surface area contributed by atoms with Gasteiger partial charge in [0.1, 0.15) is 5.82 Å². The highest BCUT2D eigenvalue weighted by atomic mass is 19.1. The van der Waals surface area contributed by atoms with Crippen molar-refractivity contribution in [2.24, 2.45) is 5.73 Å². The van der Waals surface area contributed by atoms with Gasteiger partial charge in [-0.05, 0) is 24.6 Å². The Bertz CT molecular complexity index is 695. The van der Waals surface area contributed by atoms with Crippen molar-refractivity contribution in [3.63, 3.8) is 0 Å². The summed E-state index contributed by atoms with van der Waals surface area (Å²) in [4.78, 5) is 24.8. The van der Waals surface area contributed by atoms with Crippen molar-refractivity contribution in [1.82, 2.24) is 4.98 Å². The van der Waals surface area contributed by atoms with Crippen LogP contribution in [0, 0.1) is 12.7 Å². The van der Waals surface area contributed by atoms with Crippen molar-refractivity contribution >= 4 is 17.3 Å². The van der Waals surface area contributed by atoms with Crippen LogP contribution in [0.2, 0.25) is 0 Å². The summed E-state index contributed by atoms with van der Waals surface area (Å²) in [7, 11) is 0. The van der Waals surface area contributed by atoms with Crippen LogP contribution in [0.15, 0.2) is 35.3 Å². The van der Waals surface area contributed by atoms with Gasteiger partial charge in [-0.1, -0.05) is 6.07 Å². The van der Waals surface area contributed by atoms with Crippen LogP contribution in [-0.4, -0.2) is 10.9 Å². The van der Waals surface area contributed by atoms with Crippen LogP contribution < -0.4 is 16.6 Å². The van der Waals surface area contributed by atoms with Crippen LogP contribution in [0.1, 0.15) is 15.9 Å². The van der Waals surface area contributed by atoms with Crippen molar-refractivity contribution in [3.8, 4) is 0 Å². The summed E-state index contributed by atoms with van der Waals surface area (Å²) >= 11 is 0. The minimum atomic E-state index is -0.716. The molecule has 2 aromatic rings. The van der Waals surface area contributed by atoms with Gasteiger partial charge in [0.15, 0.2) is 0 Å². The van der Waals surface area contributed by atoms with Crippen molar-refractivity contribution in [2.45, 2.75) is 6.92 Å². The van der Waals surface area contributed by atoms with E-state index in [1.807, 2.05) is 0 Å². The third-order valence-corrected chi connectivity index (χ3v) is 2.58. The van der Waals surface area contributed by atoms with Gasteiger partial charge in [-0.2, -0.15) is 0 Å². The summed E-state index contributed by atoms with van der Waals surface area (Å²) in [6.45, 7) is 1.76. The number of aryl methyl sites for hydroxylation is 1. The van der Waals surface area contributed by atoms with E-state index in [0.717, 1.165) is 11.6 Å². The molecule has 5 nitrogen and oxygen atoms in total. The fourth-order valence-electron chi connectivity index (χ4n) is 1.65. The lowest BCUT2D eigenvalue weighted by atomic mass is 10.2. The van der Waals surface area contributed by atoms with E-state index in [1.54, 1.807) is 13.0 Å². The number of aromatic amines is 1. The molecule has 1 amide bonds. The summed E-state index contributed by atoms with van der Waals surface area (Å²) in [6, 6.07) is 5.73. The van der Waals surface area contributed by atoms with Gasteiger partial charge in [0.05, 0.1) is 16.9 Å². The van der Waals surface area contributed by atoms with E-state index in [1.165, 1.54) is 18.3 Å². The SMILES string of the molecule is Cc1ccc(Nc2cc(=O)[nH]cc2C(N)=O)c(F)c1. The second kappa shape index (κ2) is 4.93. The van der Waals surface area contributed by atoms with Gasteiger partial charge in [-0.15, -0.1) is 0 Å². The average molecular weight is 261 g/mol. The third kappa shape index (κ3) is 2.79. The van der Waals surface area contributed by atoms with E-state index in [-0.39, 0.29) is 16.9 Å². The number of aromatic nitrogens is 1. The molecule has 0 saturated heterocycles. The Morgan fingerprint density at radius 1 is 1.32 bits per heavy atom. The highest BCUT2D eigenvalue weighted by Gasteiger charge is 2.11. The first-order valence-electron chi connectivity index (χ1n) is 5.53. The maximum Gasteiger partial charge on any atom is 0.252 e. The maximum atomic E-state index is 13.7. The fourth-order valence-corrected chi connectivity index (χ4v) is 1.65. The zero-order valence-corrected chi connectivity index (χ0v) is 10.2. The number of carbonyl (C=O) groups excluding carboxylic acids is 1. The highest BCUT2D eigenvalue weighted by Crippen LogP contribution is 2.22. The molecule has 0 unspecified atom stereocenters. The van der Waals surface area contributed by atoms with E-state index in [2.05, 4.69) is 10.3 Å². The summed E-state index contributed by atoms with van der Waals surface area (Å²) in [5.74, 6) is -1.19. The second-order valence-electron chi connectivity index (χ2n) is 4.10. The molecule has 0 spiro atoms. The minimum Gasteiger partial charge on any atom is -0.365 e. The number of anilines is 2.